The van der Waals surface area contributed by atoms with Crippen molar-refractivity contribution in [2.24, 2.45) is 17.3 Å². The summed E-state index contributed by atoms with van der Waals surface area (Å²) < 4.78 is 0. The number of carbonyl (C=O) groups excluding carboxylic acids is 1. The van der Waals surface area contributed by atoms with E-state index >= 15 is 0 Å². The third-order valence-electron chi connectivity index (χ3n) is 6.68. The summed E-state index contributed by atoms with van der Waals surface area (Å²) in [5, 5.41) is 0. The Morgan fingerprint density at radius 2 is 1.22 bits per heavy atom. The second-order valence-electron chi connectivity index (χ2n) is 8.99. The molecule has 0 aliphatic heterocycles. The summed E-state index contributed by atoms with van der Waals surface area (Å²) in [5.74, 6) is 1.64. The molecule has 1 heteroatoms. The van der Waals surface area contributed by atoms with Crippen molar-refractivity contribution in [2.45, 2.75) is 117 Å². The first-order chi connectivity index (χ1) is 11.1. The van der Waals surface area contributed by atoms with Gasteiger partial charge in [-0.05, 0) is 37.0 Å². The van der Waals surface area contributed by atoms with E-state index in [1.54, 1.807) is 0 Å². The maximum Gasteiger partial charge on any atom is 0.136 e. The number of ketones is 1. The second-order valence-corrected chi connectivity index (χ2v) is 8.99. The van der Waals surface area contributed by atoms with Crippen LogP contribution in [-0.2, 0) is 4.79 Å². The molecule has 23 heavy (non-hydrogen) atoms. The van der Waals surface area contributed by atoms with Crippen LogP contribution in [0.4, 0.5) is 0 Å². The molecule has 134 valence electrons. The highest BCUT2D eigenvalue weighted by Crippen LogP contribution is 2.48. The molecule has 2 saturated carbocycles. The number of hydrogen-bond donors (Lipinski definition) is 0. The molecule has 2 fully saturated rings. The first-order valence-corrected chi connectivity index (χ1v) is 10.6. The molecule has 2 rings (SSSR count). The van der Waals surface area contributed by atoms with Crippen LogP contribution in [0.3, 0.4) is 0 Å². The van der Waals surface area contributed by atoms with Gasteiger partial charge in [-0.25, -0.2) is 0 Å². The minimum absolute atomic E-state index is 0.373. The molecule has 2 atom stereocenters. The van der Waals surface area contributed by atoms with Crippen LogP contribution in [0, 0.1) is 17.3 Å². The number of hydrogen-bond acceptors (Lipinski definition) is 1. The molecule has 0 spiro atoms. The van der Waals surface area contributed by atoms with Crippen molar-refractivity contribution in [2.75, 3.05) is 0 Å². The molecule has 0 radical (unpaired) electrons. The standard InChI is InChI=1S/C22H40O/c1-22(2)18-14-16-20(22)19-15-12-10-8-6-4-3-5-7-9-11-13-17-21(19)23/h19-20H,3-18H2,1-2H3. The van der Waals surface area contributed by atoms with Gasteiger partial charge in [0.1, 0.15) is 5.78 Å². The average Bonchev–Trinajstić information content (AvgIpc) is 2.85. The van der Waals surface area contributed by atoms with Crippen molar-refractivity contribution in [1.29, 1.82) is 0 Å². The molecule has 2 aliphatic carbocycles. The lowest BCUT2D eigenvalue weighted by Crippen LogP contribution is -2.31. The Hall–Kier alpha value is -0.330. The van der Waals surface area contributed by atoms with Crippen LogP contribution in [0.1, 0.15) is 117 Å². The van der Waals surface area contributed by atoms with Crippen molar-refractivity contribution < 1.29 is 4.79 Å². The van der Waals surface area contributed by atoms with Gasteiger partial charge in [0.25, 0.3) is 0 Å². The second kappa shape index (κ2) is 9.84. The fraction of sp³-hybridized carbons (Fsp3) is 0.955. The Morgan fingerprint density at radius 1 is 0.696 bits per heavy atom. The van der Waals surface area contributed by atoms with E-state index in [0.717, 1.165) is 12.8 Å². The molecule has 0 aromatic carbocycles. The van der Waals surface area contributed by atoms with E-state index in [-0.39, 0.29) is 0 Å². The van der Waals surface area contributed by atoms with Gasteiger partial charge in [0.15, 0.2) is 0 Å². The summed E-state index contributed by atoms with van der Waals surface area (Å²) in [6.07, 6.45) is 20.8. The zero-order valence-corrected chi connectivity index (χ0v) is 15.9. The maximum absolute atomic E-state index is 12.9. The molecule has 2 aliphatic rings. The summed E-state index contributed by atoms with van der Waals surface area (Å²) in [6.45, 7) is 4.82. The Balaban J connectivity index is 1.93. The maximum atomic E-state index is 12.9. The first-order valence-electron chi connectivity index (χ1n) is 10.6. The van der Waals surface area contributed by atoms with Crippen LogP contribution >= 0.6 is 0 Å². The fourth-order valence-corrected chi connectivity index (χ4v) is 5.13. The van der Waals surface area contributed by atoms with Crippen LogP contribution in [0.2, 0.25) is 0 Å². The molecule has 1 nitrogen and oxygen atoms in total. The van der Waals surface area contributed by atoms with E-state index in [4.69, 9.17) is 0 Å². The highest BCUT2D eigenvalue weighted by molar-refractivity contribution is 5.81. The molecule has 0 amide bonds. The van der Waals surface area contributed by atoms with E-state index in [1.165, 1.54) is 89.9 Å². The molecule has 0 N–H and O–H groups in total. The van der Waals surface area contributed by atoms with Gasteiger partial charge < -0.3 is 0 Å². The third-order valence-corrected chi connectivity index (χ3v) is 6.68. The van der Waals surface area contributed by atoms with Crippen molar-refractivity contribution in [1.82, 2.24) is 0 Å². The van der Waals surface area contributed by atoms with E-state index in [9.17, 15) is 4.79 Å². The average molecular weight is 321 g/mol. The van der Waals surface area contributed by atoms with Gasteiger partial charge in [-0.1, -0.05) is 84.5 Å². The van der Waals surface area contributed by atoms with Crippen LogP contribution in [0.15, 0.2) is 0 Å². The minimum Gasteiger partial charge on any atom is -0.299 e. The zero-order chi connectivity index (χ0) is 16.5. The molecule has 0 aromatic heterocycles. The van der Waals surface area contributed by atoms with Crippen LogP contribution in [-0.4, -0.2) is 5.78 Å². The number of Topliss-reactive ketones (excluding diaryl/α,β-unsaturated/α-hetero) is 1. The highest BCUT2D eigenvalue weighted by atomic mass is 16.1. The van der Waals surface area contributed by atoms with Gasteiger partial charge in [-0.2, -0.15) is 0 Å². The Morgan fingerprint density at radius 3 is 1.74 bits per heavy atom. The Bertz CT molecular complexity index is 344. The van der Waals surface area contributed by atoms with Gasteiger partial charge in [0.2, 0.25) is 0 Å². The van der Waals surface area contributed by atoms with Gasteiger partial charge in [0, 0.05) is 12.3 Å². The third kappa shape index (κ3) is 6.24. The summed E-state index contributed by atoms with van der Waals surface area (Å²) >= 11 is 0. The van der Waals surface area contributed by atoms with Crippen molar-refractivity contribution in [3.63, 3.8) is 0 Å². The van der Waals surface area contributed by atoms with E-state index in [0.29, 0.717) is 23.0 Å². The molecule has 0 aromatic rings. The summed E-state index contributed by atoms with van der Waals surface area (Å²) in [6, 6.07) is 0. The predicted octanol–water partition coefficient (Wildman–Crippen LogP) is 7.08. The zero-order valence-electron chi connectivity index (χ0n) is 15.9. The van der Waals surface area contributed by atoms with Crippen molar-refractivity contribution >= 4 is 5.78 Å². The monoisotopic (exact) mass is 320 g/mol. The molecule has 0 saturated heterocycles. The Labute approximate surface area is 145 Å². The quantitative estimate of drug-likeness (QED) is 0.504. The fourth-order valence-electron chi connectivity index (χ4n) is 5.13. The first kappa shape index (κ1) is 19.0. The summed E-state index contributed by atoms with van der Waals surface area (Å²) in [4.78, 5) is 12.9. The summed E-state index contributed by atoms with van der Waals surface area (Å²) in [7, 11) is 0. The minimum atomic E-state index is 0.373. The molecular formula is C22H40O. The van der Waals surface area contributed by atoms with Crippen LogP contribution < -0.4 is 0 Å². The van der Waals surface area contributed by atoms with Crippen LogP contribution in [0.25, 0.3) is 0 Å². The van der Waals surface area contributed by atoms with Gasteiger partial charge in [-0.15, -0.1) is 0 Å². The van der Waals surface area contributed by atoms with Gasteiger partial charge >= 0.3 is 0 Å². The van der Waals surface area contributed by atoms with Crippen LogP contribution in [0.5, 0.6) is 0 Å². The SMILES string of the molecule is CC1(C)CCCC1C1CCCCCCCCCCCCCC1=O. The van der Waals surface area contributed by atoms with E-state index in [2.05, 4.69) is 13.8 Å². The highest BCUT2D eigenvalue weighted by Gasteiger charge is 2.41. The number of rotatable bonds is 1. The predicted molar refractivity (Wildman–Crippen MR) is 99.6 cm³/mol. The van der Waals surface area contributed by atoms with Gasteiger partial charge in [-0.3, -0.25) is 4.79 Å². The van der Waals surface area contributed by atoms with E-state index < -0.39 is 0 Å². The van der Waals surface area contributed by atoms with Gasteiger partial charge in [0.05, 0.1) is 0 Å². The lowest BCUT2D eigenvalue weighted by atomic mass is 9.70. The van der Waals surface area contributed by atoms with E-state index in [1.807, 2.05) is 0 Å². The topological polar surface area (TPSA) is 17.1 Å². The lowest BCUT2D eigenvalue weighted by Gasteiger charge is -2.33. The molecule has 0 bridgehead atoms. The molecule has 2 unspecified atom stereocenters. The largest absolute Gasteiger partial charge is 0.299 e. The van der Waals surface area contributed by atoms with Crippen molar-refractivity contribution in [3.05, 3.63) is 0 Å². The molecule has 0 heterocycles. The van der Waals surface area contributed by atoms with Crippen molar-refractivity contribution in [3.8, 4) is 0 Å². The normalized spacial score (nSPS) is 32.2. The molecular weight excluding hydrogens is 280 g/mol. The Kier molecular flexibility index (Phi) is 8.13. The lowest BCUT2D eigenvalue weighted by molar-refractivity contribution is -0.126. The summed E-state index contributed by atoms with van der Waals surface area (Å²) in [5.41, 5.74) is 0.392. The smallest absolute Gasteiger partial charge is 0.136 e. The number of carbonyl (C=O) groups is 1.